The summed E-state index contributed by atoms with van der Waals surface area (Å²) in [5.41, 5.74) is 6.09. The molecule has 0 bridgehead atoms. The second-order valence-electron chi connectivity index (χ2n) is 5.37. The first-order valence-corrected chi connectivity index (χ1v) is 8.35. The number of benzene rings is 1. The third kappa shape index (κ3) is 3.26. The van der Waals surface area contributed by atoms with Crippen molar-refractivity contribution in [2.45, 2.75) is 30.9 Å². The summed E-state index contributed by atoms with van der Waals surface area (Å²) in [5.74, 6) is -0.471. The molecule has 1 aliphatic heterocycles. The fourth-order valence-electron chi connectivity index (χ4n) is 2.54. The monoisotopic (exact) mass is 316 g/mol. The van der Waals surface area contributed by atoms with E-state index in [-0.39, 0.29) is 30.0 Å². The van der Waals surface area contributed by atoms with Gasteiger partial charge in [0.2, 0.25) is 10.0 Å². The first-order chi connectivity index (χ1) is 9.90. The Hall–Kier alpha value is -1.02. The van der Waals surface area contributed by atoms with Gasteiger partial charge in [-0.25, -0.2) is 12.8 Å². The summed E-state index contributed by atoms with van der Waals surface area (Å²) in [7, 11) is -2.31. The van der Waals surface area contributed by atoms with E-state index < -0.39 is 15.8 Å². The molecular formula is C14H21FN2O3S. The number of hydrogen-bond acceptors (Lipinski definition) is 4. The van der Waals surface area contributed by atoms with Gasteiger partial charge in [0.15, 0.2) is 0 Å². The Bertz CT molecular complexity index is 606. The number of piperidine rings is 1. The van der Waals surface area contributed by atoms with Crippen molar-refractivity contribution >= 4 is 10.0 Å². The van der Waals surface area contributed by atoms with Gasteiger partial charge in [-0.05, 0) is 30.0 Å². The average molecular weight is 316 g/mol. The van der Waals surface area contributed by atoms with Crippen molar-refractivity contribution in [1.29, 1.82) is 0 Å². The van der Waals surface area contributed by atoms with Crippen molar-refractivity contribution in [2.24, 2.45) is 11.7 Å². The summed E-state index contributed by atoms with van der Waals surface area (Å²) < 4.78 is 45.8. The predicted octanol–water partition coefficient (Wildman–Crippen LogP) is 1.33. The van der Waals surface area contributed by atoms with Crippen molar-refractivity contribution in [3.63, 3.8) is 0 Å². The maximum absolute atomic E-state index is 13.9. The lowest BCUT2D eigenvalue weighted by Crippen LogP contribution is -2.46. The lowest BCUT2D eigenvalue weighted by atomic mass is 9.97. The second kappa shape index (κ2) is 6.39. The Labute approximate surface area is 124 Å². The maximum Gasteiger partial charge on any atom is 0.246 e. The molecule has 1 fully saturated rings. The highest BCUT2D eigenvalue weighted by Crippen LogP contribution is 2.27. The van der Waals surface area contributed by atoms with E-state index in [1.165, 1.54) is 16.4 Å². The van der Waals surface area contributed by atoms with Crippen LogP contribution in [0, 0.1) is 11.7 Å². The van der Waals surface area contributed by atoms with E-state index in [1.54, 1.807) is 7.11 Å². The molecule has 7 heteroatoms. The Morgan fingerprint density at radius 1 is 1.48 bits per heavy atom. The molecule has 2 rings (SSSR count). The van der Waals surface area contributed by atoms with Crippen molar-refractivity contribution in [3.8, 4) is 0 Å². The van der Waals surface area contributed by atoms with Gasteiger partial charge in [-0.3, -0.25) is 0 Å². The molecule has 0 radical (unpaired) electrons. The molecule has 0 spiro atoms. The smallest absolute Gasteiger partial charge is 0.246 e. The first-order valence-electron chi connectivity index (χ1n) is 6.91. The van der Waals surface area contributed by atoms with E-state index in [1.807, 2.05) is 6.92 Å². The normalized spacial score (nSPS) is 24.2. The summed E-state index contributed by atoms with van der Waals surface area (Å²) >= 11 is 0. The molecule has 1 heterocycles. The molecule has 2 unspecified atom stereocenters. The SMILES string of the molecule is COC1CN(S(=O)(=O)c2cc(CN)ccc2F)CCC1C. The van der Waals surface area contributed by atoms with Crippen LogP contribution in [-0.4, -0.2) is 39.0 Å². The molecule has 0 aliphatic carbocycles. The molecule has 0 amide bonds. The van der Waals surface area contributed by atoms with E-state index in [2.05, 4.69) is 0 Å². The Morgan fingerprint density at radius 3 is 2.81 bits per heavy atom. The van der Waals surface area contributed by atoms with Gasteiger partial charge in [-0.1, -0.05) is 13.0 Å². The van der Waals surface area contributed by atoms with Gasteiger partial charge in [0.1, 0.15) is 10.7 Å². The Morgan fingerprint density at radius 2 is 2.19 bits per heavy atom. The van der Waals surface area contributed by atoms with Crippen LogP contribution in [0.25, 0.3) is 0 Å². The standard InChI is InChI=1S/C14H21FN2O3S/c1-10-5-6-17(9-13(10)20-2)21(18,19)14-7-11(8-16)3-4-12(14)15/h3-4,7,10,13H,5-6,8-9,16H2,1-2H3. The summed E-state index contributed by atoms with van der Waals surface area (Å²) in [4.78, 5) is -0.310. The fraction of sp³-hybridized carbons (Fsp3) is 0.571. The lowest BCUT2D eigenvalue weighted by Gasteiger charge is -2.35. The number of nitrogens with two attached hydrogens (primary N) is 1. The second-order valence-corrected chi connectivity index (χ2v) is 7.28. The molecular weight excluding hydrogens is 295 g/mol. The van der Waals surface area contributed by atoms with Gasteiger partial charge in [-0.2, -0.15) is 4.31 Å². The Kier molecular flexibility index (Phi) is 4.98. The van der Waals surface area contributed by atoms with Gasteiger partial charge < -0.3 is 10.5 Å². The maximum atomic E-state index is 13.9. The van der Waals surface area contributed by atoms with Crippen LogP contribution in [0.15, 0.2) is 23.1 Å². The zero-order chi connectivity index (χ0) is 15.6. The van der Waals surface area contributed by atoms with Gasteiger partial charge in [0, 0.05) is 26.7 Å². The van der Waals surface area contributed by atoms with Crippen LogP contribution in [-0.2, 0) is 21.3 Å². The molecule has 5 nitrogen and oxygen atoms in total. The molecule has 1 aromatic carbocycles. The number of hydrogen-bond donors (Lipinski definition) is 1. The van der Waals surface area contributed by atoms with E-state index >= 15 is 0 Å². The van der Waals surface area contributed by atoms with Crippen molar-refractivity contribution < 1.29 is 17.5 Å². The minimum atomic E-state index is -3.87. The summed E-state index contributed by atoms with van der Waals surface area (Å²) in [5, 5.41) is 0. The highest BCUT2D eigenvalue weighted by atomic mass is 32.2. The highest BCUT2D eigenvalue weighted by molar-refractivity contribution is 7.89. The topological polar surface area (TPSA) is 72.6 Å². The van der Waals surface area contributed by atoms with Crippen LogP contribution in [0.1, 0.15) is 18.9 Å². The van der Waals surface area contributed by atoms with Gasteiger partial charge in [0.05, 0.1) is 6.10 Å². The van der Waals surface area contributed by atoms with Crippen LogP contribution >= 0.6 is 0 Å². The van der Waals surface area contributed by atoms with Crippen molar-refractivity contribution in [3.05, 3.63) is 29.6 Å². The summed E-state index contributed by atoms with van der Waals surface area (Å²) in [6.07, 6.45) is 0.518. The molecule has 21 heavy (non-hydrogen) atoms. The zero-order valence-corrected chi connectivity index (χ0v) is 13.1. The van der Waals surface area contributed by atoms with Crippen LogP contribution in [0.5, 0.6) is 0 Å². The minimum Gasteiger partial charge on any atom is -0.380 e. The quantitative estimate of drug-likeness (QED) is 0.909. The van der Waals surface area contributed by atoms with E-state index in [4.69, 9.17) is 10.5 Å². The number of nitrogens with zero attached hydrogens (tertiary/aromatic N) is 1. The highest BCUT2D eigenvalue weighted by Gasteiger charge is 2.35. The van der Waals surface area contributed by atoms with Gasteiger partial charge in [-0.15, -0.1) is 0 Å². The van der Waals surface area contributed by atoms with Crippen molar-refractivity contribution in [1.82, 2.24) is 4.31 Å². The Balaban J connectivity index is 2.34. The molecule has 2 N–H and O–H groups in total. The molecule has 2 atom stereocenters. The lowest BCUT2D eigenvalue weighted by molar-refractivity contribution is 0.0183. The van der Waals surface area contributed by atoms with Crippen LogP contribution in [0.4, 0.5) is 4.39 Å². The average Bonchev–Trinajstić information content (AvgIpc) is 2.47. The summed E-state index contributed by atoms with van der Waals surface area (Å²) in [6.45, 7) is 2.80. The molecule has 0 saturated carbocycles. The van der Waals surface area contributed by atoms with Crippen LogP contribution in [0.3, 0.4) is 0 Å². The van der Waals surface area contributed by atoms with Gasteiger partial charge in [0.25, 0.3) is 0 Å². The summed E-state index contributed by atoms with van der Waals surface area (Å²) in [6, 6.07) is 3.95. The van der Waals surface area contributed by atoms with E-state index in [9.17, 15) is 12.8 Å². The number of ether oxygens (including phenoxy) is 1. The van der Waals surface area contributed by atoms with E-state index in [0.717, 1.165) is 6.07 Å². The van der Waals surface area contributed by atoms with E-state index in [0.29, 0.717) is 18.5 Å². The number of halogens is 1. The zero-order valence-electron chi connectivity index (χ0n) is 12.3. The molecule has 0 aromatic heterocycles. The van der Waals surface area contributed by atoms with Crippen molar-refractivity contribution in [2.75, 3.05) is 20.2 Å². The largest absolute Gasteiger partial charge is 0.380 e. The first kappa shape index (κ1) is 16.4. The minimum absolute atomic E-state index is 0.167. The predicted molar refractivity (Wildman–Crippen MR) is 77.6 cm³/mol. The molecule has 1 aliphatic rings. The van der Waals surface area contributed by atoms with Crippen LogP contribution in [0.2, 0.25) is 0 Å². The number of sulfonamides is 1. The number of methoxy groups -OCH3 is 1. The number of rotatable bonds is 4. The van der Waals surface area contributed by atoms with Crippen LogP contribution < -0.4 is 5.73 Å². The third-order valence-electron chi connectivity index (χ3n) is 4.00. The third-order valence-corrected chi connectivity index (χ3v) is 5.88. The van der Waals surface area contributed by atoms with Gasteiger partial charge >= 0.3 is 0 Å². The fourth-order valence-corrected chi connectivity index (χ4v) is 4.12. The molecule has 1 aromatic rings. The molecule has 1 saturated heterocycles. The molecule has 118 valence electrons.